The van der Waals surface area contributed by atoms with E-state index in [4.69, 9.17) is 18.4 Å². The van der Waals surface area contributed by atoms with E-state index in [0.29, 0.717) is 24.5 Å². The number of nitrogens with zero attached hydrogens (tertiary/aromatic N) is 2. The Morgan fingerprint density at radius 2 is 1.48 bits per heavy atom. The van der Waals surface area contributed by atoms with Gasteiger partial charge in [-0.1, -0.05) is 0 Å². The lowest BCUT2D eigenvalue weighted by molar-refractivity contribution is 0.229. The van der Waals surface area contributed by atoms with Gasteiger partial charge in [-0.25, -0.2) is 4.79 Å². The highest BCUT2D eigenvalue weighted by Gasteiger charge is 2.27. The van der Waals surface area contributed by atoms with Crippen molar-refractivity contribution in [3.8, 4) is 23.0 Å². The van der Waals surface area contributed by atoms with Crippen molar-refractivity contribution in [2.24, 2.45) is 0 Å². The number of ether oxygens (including phenoxy) is 3. The summed E-state index contributed by atoms with van der Waals surface area (Å²) in [5, 5.41) is 0. The summed E-state index contributed by atoms with van der Waals surface area (Å²) in [7, 11) is 1.89. The van der Waals surface area contributed by atoms with Crippen LogP contribution in [0.15, 0.2) is 41.3 Å². The van der Waals surface area contributed by atoms with Gasteiger partial charge in [-0.05, 0) is 24.3 Å². The van der Waals surface area contributed by atoms with Crippen LogP contribution < -0.4 is 23.3 Å². The van der Waals surface area contributed by atoms with Crippen molar-refractivity contribution < 1.29 is 31.6 Å². The van der Waals surface area contributed by atoms with Crippen molar-refractivity contribution in [3.05, 3.63) is 36.4 Å². The first-order valence-electron chi connectivity index (χ1n) is 8.68. The zero-order valence-corrected chi connectivity index (χ0v) is 17.4. The van der Waals surface area contributed by atoms with E-state index in [1.807, 2.05) is 0 Å². The van der Waals surface area contributed by atoms with Gasteiger partial charge in [0, 0.05) is 38.0 Å². The highest BCUT2D eigenvalue weighted by Crippen LogP contribution is 2.41. The highest BCUT2D eigenvalue weighted by molar-refractivity contribution is 7.87. The third-order valence-electron chi connectivity index (χ3n) is 4.50. The molecular weight excluding hydrogens is 400 g/mol. The van der Waals surface area contributed by atoms with Gasteiger partial charge in [-0.2, -0.15) is 8.42 Å². The monoisotopic (exact) mass is 422 g/mol. The largest absolute Gasteiger partial charge is 0.493 e. The molecule has 0 spiro atoms. The summed E-state index contributed by atoms with van der Waals surface area (Å²) >= 11 is 0. The molecule has 0 radical (unpaired) electrons. The molecule has 2 aromatic carbocycles. The van der Waals surface area contributed by atoms with Crippen LogP contribution in [0.5, 0.6) is 23.0 Å². The average Bonchev–Trinajstić information content (AvgIpc) is 3.05. The molecule has 0 saturated carbocycles. The second-order valence-electron chi connectivity index (χ2n) is 6.25. The molecule has 0 atom stereocenters. The molecule has 10 heteroatoms. The van der Waals surface area contributed by atoms with Gasteiger partial charge in [-0.15, -0.1) is 0 Å². The maximum atomic E-state index is 12.7. The summed E-state index contributed by atoms with van der Waals surface area (Å²) in [6, 6.07) is 8.60. The lowest BCUT2D eigenvalue weighted by atomic mass is 10.2. The quantitative estimate of drug-likeness (QED) is 0.632. The summed E-state index contributed by atoms with van der Waals surface area (Å²) in [5.74, 6) is 0.873. The Bertz CT molecular complexity index is 981. The number of carbonyl (C=O) groups is 1. The Balaban J connectivity index is 1.85. The minimum atomic E-state index is -4.11. The van der Waals surface area contributed by atoms with Crippen LogP contribution in [0.4, 0.5) is 10.5 Å². The van der Waals surface area contributed by atoms with E-state index in [2.05, 4.69) is 0 Å². The number of carbonyl (C=O) groups excluding carboxylic acids is 1. The molecule has 2 aromatic rings. The third kappa shape index (κ3) is 4.02. The number of hydrogen-bond acceptors (Lipinski definition) is 7. The van der Waals surface area contributed by atoms with Gasteiger partial charge in [0.2, 0.25) is 5.75 Å². The number of likely N-dealkylation sites (N-methyl/N-ethyl adjacent to an activating group) is 1. The summed E-state index contributed by atoms with van der Waals surface area (Å²) in [6.07, 6.45) is 0. The molecule has 1 aliphatic heterocycles. The maximum Gasteiger partial charge on any atom is 0.339 e. The second-order valence-corrected chi connectivity index (χ2v) is 7.79. The summed E-state index contributed by atoms with van der Waals surface area (Å²) in [6.45, 7) is 1.16. The number of hydrogen-bond donors (Lipinski definition) is 0. The molecule has 2 amide bonds. The van der Waals surface area contributed by atoms with Crippen LogP contribution in [-0.4, -0.2) is 60.8 Å². The minimum absolute atomic E-state index is 0.0138. The van der Waals surface area contributed by atoms with E-state index in [0.717, 1.165) is 0 Å². The Hall–Kier alpha value is -3.14. The van der Waals surface area contributed by atoms with Crippen molar-refractivity contribution >= 4 is 21.8 Å². The van der Waals surface area contributed by atoms with Crippen molar-refractivity contribution in [1.82, 2.24) is 4.90 Å². The molecule has 3 rings (SSSR count). The Morgan fingerprint density at radius 1 is 0.897 bits per heavy atom. The molecule has 29 heavy (non-hydrogen) atoms. The SMILES string of the molecule is COc1cc(OS(=O)(=O)c2ccc(N3CCN(C)C3=O)cc2)cc(OC)c1OC. The van der Waals surface area contributed by atoms with Crippen LogP contribution in [0.3, 0.4) is 0 Å². The zero-order chi connectivity index (χ0) is 21.2. The van der Waals surface area contributed by atoms with Crippen LogP contribution in [0.1, 0.15) is 0 Å². The standard InChI is InChI=1S/C19H22N2O7S/c1-20-9-10-21(19(20)22)13-5-7-15(8-6-13)29(23,24)28-14-11-16(25-2)18(27-4)17(12-14)26-3/h5-8,11-12H,9-10H2,1-4H3. The van der Waals surface area contributed by atoms with Crippen LogP contribution in [0, 0.1) is 0 Å². The smallest absolute Gasteiger partial charge is 0.339 e. The van der Waals surface area contributed by atoms with Crippen molar-refractivity contribution in [1.29, 1.82) is 0 Å². The average molecular weight is 422 g/mol. The van der Waals surface area contributed by atoms with Gasteiger partial charge in [0.05, 0.1) is 21.3 Å². The lowest BCUT2D eigenvalue weighted by Gasteiger charge is -2.17. The number of rotatable bonds is 7. The van der Waals surface area contributed by atoms with Crippen LogP contribution in [0.2, 0.25) is 0 Å². The topological polar surface area (TPSA) is 94.6 Å². The number of amides is 2. The van der Waals surface area contributed by atoms with Crippen molar-refractivity contribution in [2.75, 3.05) is 46.4 Å². The van der Waals surface area contributed by atoms with Crippen LogP contribution in [-0.2, 0) is 10.1 Å². The van der Waals surface area contributed by atoms with Gasteiger partial charge in [-0.3, -0.25) is 4.90 Å². The predicted octanol–water partition coefficient (Wildman–Crippen LogP) is 2.35. The fourth-order valence-electron chi connectivity index (χ4n) is 2.96. The minimum Gasteiger partial charge on any atom is -0.493 e. The van der Waals surface area contributed by atoms with Crippen molar-refractivity contribution in [2.45, 2.75) is 4.90 Å². The molecule has 0 bridgehead atoms. The van der Waals surface area contributed by atoms with Crippen LogP contribution >= 0.6 is 0 Å². The normalized spacial score (nSPS) is 14.1. The van der Waals surface area contributed by atoms with E-state index in [1.54, 1.807) is 29.0 Å². The molecular formula is C19H22N2O7S. The third-order valence-corrected chi connectivity index (χ3v) is 5.76. The fourth-order valence-corrected chi connectivity index (χ4v) is 3.87. The first-order valence-corrected chi connectivity index (χ1v) is 10.1. The summed E-state index contributed by atoms with van der Waals surface area (Å²) < 4.78 is 46.2. The molecule has 1 saturated heterocycles. The highest BCUT2D eigenvalue weighted by atomic mass is 32.2. The van der Waals surface area contributed by atoms with E-state index in [-0.39, 0.29) is 28.2 Å². The van der Waals surface area contributed by atoms with Gasteiger partial charge in [0.1, 0.15) is 4.90 Å². The van der Waals surface area contributed by atoms with Gasteiger partial charge >= 0.3 is 16.1 Å². The molecule has 0 aromatic heterocycles. The number of urea groups is 1. The van der Waals surface area contributed by atoms with Crippen molar-refractivity contribution in [3.63, 3.8) is 0 Å². The fraction of sp³-hybridized carbons (Fsp3) is 0.316. The molecule has 1 aliphatic rings. The molecule has 1 fully saturated rings. The Labute approximate surface area is 169 Å². The lowest BCUT2D eigenvalue weighted by Crippen LogP contribution is -2.29. The molecule has 9 nitrogen and oxygen atoms in total. The molecule has 0 unspecified atom stereocenters. The Kier molecular flexibility index (Phi) is 5.73. The summed E-state index contributed by atoms with van der Waals surface area (Å²) in [5.41, 5.74) is 0.617. The second kappa shape index (κ2) is 8.08. The van der Waals surface area contributed by atoms with Gasteiger partial charge < -0.3 is 23.3 Å². The van der Waals surface area contributed by atoms with E-state index >= 15 is 0 Å². The molecule has 0 aliphatic carbocycles. The molecule has 0 N–H and O–H groups in total. The maximum absolute atomic E-state index is 12.7. The van der Waals surface area contributed by atoms with Crippen LogP contribution in [0.25, 0.3) is 0 Å². The van der Waals surface area contributed by atoms with E-state index in [9.17, 15) is 13.2 Å². The van der Waals surface area contributed by atoms with E-state index in [1.165, 1.54) is 45.6 Å². The van der Waals surface area contributed by atoms with E-state index < -0.39 is 10.1 Å². The predicted molar refractivity (Wildman–Crippen MR) is 106 cm³/mol. The number of anilines is 1. The number of benzene rings is 2. The number of methoxy groups -OCH3 is 3. The Morgan fingerprint density at radius 3 is 1.93 bits per heavy atom. The van der Waals surface area contributed by atoms with Gasteiger partial charge in [0.15, 0.2) is 17.2 Å². The first kappa shape index (κ1) is 20.6. The zero-order valence-electron chi connectivity index (χ0n) is 16.5. The summed E-state index contributed by atoms with van der Waals surface area (Å²) in [4.78, 5) is 15.2. The molecule has 156 valence electrons. The van der Waals surface area contributed by atoms with Gasteiger partial charge in [0.25, 0.3) is 0 Å². The first-order chi connectivity index (χ1) is 13.8. The molecule has 1 heterocycles.